The van der Waals surface area contributed by atoms with E-state index in [-0.39, 0.29) is 5.41 Å². The van der Waals surface area contributed by atoms with Crippen molar-refractivity contribution >= 4 is 38.9 Å². The Hall–Kier alpha value is -4.58. The first-order valence-electron chi connectivity index (χ1n) is 17.1. The number of ether oxygens (including phenoxy) is 3. The van der Waals surface area contributed by atoms with Crippen molar-refractivity contribution in [3.8, 4) is 11.4 Å². The molecule has 0 radical (unpaired) electrons. The molecule has 47 heavy (non-hydrogen) atoms. The summed E-state index contributed by atoms with van der Waals surface area (Å²) >= 11 is 0. The fourth-order valence-electron chi connectivity index (χ4n) is 6.70. The molecule has 1 aromatic heterocycles. The smallest absolute Gasteiger partial charge is 0.129 e. The zero-order valence-electron chi connectivity index (χ0n) is 27.3. The van der Waals surface area contributed by atoms with Crippen molar-refractivity contribution in [2.45, 2.75) is 39.0 Å². The van der Waals surface area contributed by atoms with E-state index < -0.39 is 0 Å². The standard InChI is InChI=1S/C42H44N2O3/c1-2-42(31-46-32-42)30-45-28-15-3-4-16-29-47-40-27-17-26-39-41(40)35-22-11-12-23-36(35)44(39)38-25-14-13-24-37(38)43(33-18-7-5-8-19-33)34-20-9-6-10-21-34/h5-14,17-27H,2-4,15-16,28-32H2,1H3. The van der Waals surface area contributed by atoms with Crippen LogP contribution in [0.25, 0.3) is 27.5 Å². The molecule has 5 heteroatoms. The molecule has 2 heterocycles. The molecule has 0 spiro atoms. The number of anilines is 3. The van der Waals surface area contributed by atoms with Gasteiger partial charge in [-0.25, -0.2) is 0 Å². The van der Waals surface area contributed by atoms with E-state index in [9.17, 15) is 0 Å². The van der Waals surface area contributed by atoms with E-state index in [1.807, 2.05) is 0 Å². The van der Waals surface area contributed by atoms with Gasteiger partial charge in [-0.3, -0.25) is 0 Å². The molecule has 0 aliphatic carbocycles. The van der Waals surface area contributed by atoms with Gasteiger partial charge in [0.2, 0.25) is 0 Å². The van der Waals surface area contributed by atoms with Crippen LogP contribution < -0.4 is 9.64 Å². The Morgan fingerprint density at radius 3 is 2.00 bits per heavy atom. The number of fused-ring (bicyclic) bond motifs is 3. The number of nitrogens with zero attached hydrogens (tertiary/aromatic N) is 2. The molecule has 0 unspecified atom stereocenters. The summed E-state index contributed by atoms with van der Waals surface area (Å²) in [6.45, 7) is 6.27. The van der Waals surface area contributed by atoms with Crippen LogP contribution in [0.5, 0.6) is 5.75 Å². The first-order valence-corrected chi connectivity index (χ1v) is 17.1. The Bertz CT molecular complexity index is 1850. The summed E-state index contributed by atoms with van der Waals surface area (Å²) in [7, 11) is 0. The first kappa shape index (κ1) is 31.0. The van der Waals surface area contributed by atoms with Crippen LogP contribution in [-0.2, 0) is 9.47 Å². The lowest BCUT2D eigenvalue weighted by molar-refractivity contribution is -0.150. The molecule has 7 rings (SSSR count). The Morgan fingerprint density at radius 1 is 0.660 bits per heavy atom. The highest BCUT2D eigenvalue weighted by Crippen LogP contribution is 2.43. The van der Waals surface area contributed by atoms with E-state index >= 15 is 0 Å². The average Bonchev–Trinajstić information content (AvgIpc) is 3.45. The quantitative estimate of drug-likeness (QED) is 0.107. The van der Waals surface area contributed by atoms with E-state index in [0.29, 0.717) is 6.61 Å². The predicted molar refractivity (Wildman–Crippen MR) is 194 cm³/mol. The SMILES string of the molecule is CCC1(COCCCCCCOc2cccc3c2c2ccccc2n3-c2ccccc2N(c2ccccc2)c2ccccc2)COC1. The second kappa shape index (κ2) is 14.5. The van der Waals surface area contributed by atoms with Crippen LogP contribution in [0.2, 0.25) is 0 Å². The minimum atomic E-state index is 0.267. The molecule has 5 nitrogen and oxygen atoms in total. The second-order valence-corrected chi connectivity index (χ2v) is 12.7. The van der Waals surface area contributed by atoms with Crippen molar-refractivity contribution in [2.24, 2.45) is 5.41 Å². The van der Waals surface area contributed by atoms with E-state index in [1.165, 1.54) is 5.39 Å². The van der Waals surface area contributed by atoms with Gasteiger partial charge in [-0.05, 0) is 80.3 Å². The van der Waals surface area contributed by atoms with Gasteiger partial charge in [-0.1, -0.05) is 86.1 Å². The van der Waals surface area contributed by atoms with Gasteiger partial charge in [-0.2, -0.15) is 0 Å². The molecular formula is C42H44N2O3. The maximum Gasteiger partial charge on any atom is 0.129 e. The monoisotopic (exact) mass is 624 g/mol. The number of para-hydroxylation sites is 5. The van der Waals surface area contributed by atoms with Gasteiger partial charge >= 0.3 is 0 Å². The van der Waals surface area contributed by atoms with Crippen LogP contribution in [0, 0.1) is 5.41 Å². The molecule has 0 atom stereocenters. The van der Waals surface area contributed by atoms with E-state index in [4.69, 9.17) is 14.2 Å². The van der Waals surface area contributed by atoms with Crippen LogP contribution in [0.3, 0.4) is 0 Å². The van der Waals surface area contributed by atoms with E-state index in [0.717, 1.165) is 103 Å². The van der Waals surface area contributed by atoms with Gasteiger partial charge in [0.25, 0.3) is 0 Å². The fourth-order valence-corrected chi connectivity index (χ4v) is 6.70. The lowest BCUT2D eigenvalue weighted by atomic mass is 9.84. The predicted octanol–water partition coefficient (Wildman–Crippen LogP) is 10.6. The molecule has 0 N–H and O–H groups in total. The summed E-state index contributed by atoms with van der Waals surface area (Å²) < 4.78 is 20.3. The van der Waals surface area contributed by atoms with Crippen LogP contribution in [0.15, 0.2) is 127 Å². The van der Waals surface area contributed by atoms with Gasteiger partial charge in [0, 0.05) is 34.2 Å². The maximum atomic E-state index is 6.53. The van der Waals surface area contributed by atoms with Gasteiger partial charge in [0.05, 0.1) is 48.8 Å². The highest BCUT2D eigenvalue weighted by molar-refractivity contribution is 6.12. The summed E-state index contributed by atoms with van der Waals surface area (Å²) in [6, 6.07) is 45.0. The number of rotatable bonds is 15. The second-order valence-electron chi connectivity index (χ2n) is 12.7. The molecule has 0 bridgehead atoms. The Balaban J connectivity index is 1.13. The number of benzene rings is 5. The lowest BCUT2D eigenvalue weighted by Gasteiger charge is -2.40. The van der Waals surface area contributed by atoms with Crippen LogP contribution >= 0.6 is 0 Å². The Morgan fingerprint density at radius 2 is 1.30 bits per heavy atom. The van der Waals surface area contributed by atoms with Crippen LogP contribution in [-0.4, -0.2) is 37.6 Å². The molecule has 1 fully saturated rings. The largest absolute Gasteiger partial charge is 0.493 e. The van der Waals surface area contributed by atoms with Crippen LogP contribution in [0.1, 0.15) is 39.0 Å². The zero-order chi connectivity index (χ0) is 31.9. The molecule has 1 aliphatic heterocycles. The minimum absolute atomic E-state index is 0.267. The lowest BCUT2D eigenvalue weighted by Crippen LogP contribution is -2.45. The summed E-state index contributed by atoms with van der Waals surface area (Å²) in [6.07, 6.45) is 5.52. The summed E-state index contributed by atoms with van der Waals surface area (Å²) in [4.78, 5) is 2.34. The number of unbranched alkanes of at least 4 members (excludes halogenated alkanes) is 3. The molecule has 5 aromatic carbocycles. The fraction of sp³-hybridized carbons (Fsp3) is 0.286. The Kier molecular flexibility index (Phi) is 9.55. The highest BCUT2D eigenvalue weighted by Gasteiger charge is 2.36. The third-order valence-electron chi connectivity index (χ3n) is 9.47. The Labute approximate surface area is 278 Å². The topological polar surface area (TPSA) is 35.9 Å². The summed E-state index contributed by atoms with van der Waals surface area (Å²) in [5.74, 6) is 0.939. The van der Waals surface area contributed by atoms with Crippen molar-refractivity contribution in [3.63, 3.8) is 0 Å². The molecule has 1 aliphatic rings. The van der Waals surface area contributed by atoms with E-state index in [2.05, 4.69) is 144 Å². The zero-order valence-corrected chi connectivity index (χ0v) is 27.3. The summed E-state index contributed by atoms with van der Waals surface area (Å²) in [5, 5.41) is 2.35. The molecule has 0 amide bonds. The molecular weight excluding hydrogens is 580 g/mol. The minimum Gasteiger partial charge on any atom is -0.493 e. The van der Waals surface area contributed by atoms with Gasteiger partial charge in [0.1, 0.15) is 5.75 Å². The third-order valence-corrected chi connectivity index (χ3v) is 9.47. The van der Waals surface area contributed by atoms with E-state index in [1.54, 1.807) is 0 Å². The number of hydrogen-bond donors (Lipinski definition) is 0. The first-order chi connectivity index (χ1) is 23.3. The maximum absolute atomic E-state index is 6.53. The van der Waals surface area contributed by atoms with Crippen LogP contribution in [0.4, 0.5) is 17.1 Å². The normalized spacial score (nSPS) is 13.9. The number of hydrogen-bond acceptors (Lipinski definition) is 4. The van der Waals surface area contributed by atoms with Gasteiger partial charge in [-0.15, -0.1) is 0 Å². The third kappa shape index (κ3) is 6.51. The van der Waals surface area contributed by atoms with Gasteiger partial charge < -0.3 is 23.7 Å². The van der Waals surface area contributed by atoms with Crippen molar-refractivity contribution in [3.05, 3.63) is 127 Å². The van der Waals surface area contributed by atoms with Crippen molar-refractivity contribution in [2.75, 3.05) is 37.9 Å². The van der Waals surface area contributed by atoms with Crippen molar-refractivity contribution in [1.82, 2.24) is 4.57 Å². The van der Waals surface area contributed by atoms with Crippen molar-refractivity contribution < 1.29 is 14.2 Å². The highest BCUT2D eigenvalue weighted by atomic mass is 16.5. The molecule has 0 saturated carbocycles. The average molecular weight is 625 g/mol. The molecule has 240 valence electrons. The number of aromatic nitrogens is 1. The molecule has 6 aromatic rings. The summed E-state index contributed by atoms with van der Waals surface area (Å²) in [5.41, 5.74) is 7.00. The molecule has 1 saturated heterocycles. The van der Waals surface area contributed by atoms with Crippen molar-refractivity contribution in [1.29, 1.82) is 0 Å². The van der Waals surface area contributed by atoms with Gasteiger partial charge in [0.15, 0.2) is 0 Å².